The van der Waals surface area contributed by atoms with E-state index in [2.05, 4.69) is 9.71 Å². The van der Waals surface area contributed by atoms with Gasteiger partial charge in [0.25, 0.3) is 0 Å². The highest BCUT2D eigenvalue weighted by Gasteiger charge is 2.47. The number of sulfonamides is 1. The van der Waals surface area contributed by atoms with Crippen LogP contribution in [0.25, 0.3) is 0 Å². The number of carbonyl (C=O) groups is 1. The number of carbonyl (C=O) groups excluding carboxylic acids is 1. The highest BCUT2D eigenvalue weighted by Crippen LogP contribution is 2.47. The van der Waals surface area contributed by atoms with Gasteiger partial charge in [0, 0.05) is 44.0 Å². The van der Waals surface area contributed by atoms with Crippen molar-refractivity contribution in [1.82, 2.24) is 19.2 Å². The molecule has 0 radical (unpaired) electrons. The number of aromatic nitrogens is 2. The first-order chi connectivity index (χ1) is 13.4. The number of amides is 1. The van der Waals surface area contributed by atoms with Crippen molar-refractivity contribution in [2.24, 2.45) is 5.41 Å². The summed E-state index contributed by atoms with van der Waals surface area (Å²) in [6.07, 6.45) is 8.63. The van der Waals surface area contributed by atoms with Gasteiger partial charge in [-0.1, -0.05) is 13.0 Å². The van der Waals surface area contributed by atoms with Crippen molar-refractivity contribution in [2.75, 3.05) is 13.1 Å². The molecular weight excluding hydrogens is 376 g/mol. The molecule has 2 heterocycles. The van der Waals surface area contributed by atoms with Crippen molar-refractivity contribution in [3.63, 3.8) is 0 Å². The molecule has 1 amide bonds. The summed E-state index contributed by atoms with van der Waals surface area (Å²) in [6.45, 7) is 4.29. The fourth-order valence-corrected chi connectivity index (χ4v) is 4.75. The number of fused-ring (bicyclic) bond motifs is 1. The first-order valence-electron chi connectivity index (χ1n) is 9.74. The summed E-state index contributed by atoms with van der Waals surface area (Å²) in [5.74, 6) is 0.198. The van der Waals surface area contributed by atoms with Crippen LogP contribution in [0.5, 0.6) is 0 Å². The number of imidazole rings is 1. The maximum Gasteiger partial charge on any atom is 0.240 e. The third-order valence-corrected chi connectivity index (χ3v) is 7.21. The monoisotopic (exact) mass is 402 g/mol. The Morgan fingerprint density at radius 1 is 1.29 bits per heavy atom. The molecule has 1 saturated carbocycles. The molecule has 8 heteroatoms. The highest BCUT2D eigenvalue weighted by atomic mass is 32.2. The summed E-state index contributed by atoms with van der Waals surface area (Å²) >= 11 is 0. The molecular formula is C20H26N4O3S. The molecule has 150 valence electrons. The Hall–Kier alpha value is -2.19. The zero-order chi connectivity index (χ0) is 19.8. The number of nitrogens with one attached hydrogen (secondary N) is 1. The van der Waals surface area contributed by atoms with Gasteiger partial charge < -0.3 is 9.47 Å². The summed E-state index contributed by atoms with van der Waals surface area (Å²) in [4.78, 5) is 18.8. The Morgan fingerprint density at radius 2 is 2.11 bits per heavy atom. The van der Waals surface area contributed by atoms with Gasteiger partial charge in [-0.2, -0.15) is 0 Å². The molecule has 1 aliphatic carbocycles. The maximum atomic E-state index is 12.7. The lowest BCUT2D eigenvalue weighted by Gasteiger charge is -2.31. The lowest BCUT2D eigenvalue weighted by Crippen LogP contribution is -2.40. The van der Waals surface area contributed by atoms with Crippen LogP contribution in [-0.4, -0.2) is 41.9 Å². The van der Waals surface area contributed by atoms with E-state index in [0.717, 1.165) is 30.4 Å². The van der Waals surface area contributed by atoms with Gasteiger partial charge in [-0.3, -0.25) is 4.79 Å². The number of aryl methyl sites for hydroxylation is 1. The molecule has 1 fully saturated rings. The van der Waals surface area contributed by atoms with Gasteiger partial charge >= 0.3 is 0 Å². The summed E-state index contributed by atoms with van der Waals surface area (Å²) in [7, 11) is -3.57. The first-order valence-corrected chi connectivity index (χ1v) is 11.2. The average molecular weight is 403 g/mol. The standard InChI is InChI=1S/C20H26N4O3S/c1-20(6-7-20)19(25)24-11-5-16-3-4-18(13-17(16)14-24)28(26,27)22-8-2-10-23-12-9-21-15-23/h3-4,9,12-13,15,22H,2,5-8,10-11,14H2,1H3. The van der Waals surface area contributed by atoms with Gasteiger partial charge in [0.2, 0.25) is 15.9 Å². The van der Waals surface area contributed by atoms with Crippen LogP contribution in [0.2, 0.25) is 0 Å². The summed E-state index contributed by atoms with van der Waals surface area (Å²) in [5.41, 5.74) is 1.87. The number of nitrogens with zero attached hydrogens (tertiary/aromatic N) is 3. The molecule has 0 bridgehead atoms. The van der Waals surface area contributed by atoms with Gasteiger partial charge in [0.1, 0.15) is 0 Å². The predicted octanol–water partition coefficient (Wildman–Crippen LogP) is 1.94. The normalized spacial score (nSPS) is 18.0. The van der Waals surface area contributed by atoms with E-state index in [4.69, 9.17) is 0 Å². The van der Waals surface area contributed by atoms with Gasteiger partial charge in [-0.05, 0) is 48.9 Å². The Morgan fingerprint density at radius 3 is 2.82 bits per heavy atom. The van der Waals surface area contributed by atoms with Crippen molar-refractivity contribution in [2.45, 2.75) is 50.6 Å². The van der Waals surface area contributed by atoms with E-state index < -0.39 is 10.0 Å². The highest BCUT2D eigenvalue weighted by molar-refractivity contribution is 7.89. The molecule has 28 heavy (non-hydrogen) atoms. The topological polar surface area (TPSA) is 84.3 Å². The van der Waals surface area contributed by atoms with Crippen LogP contribution >= 0.6 is 0 Å². The maximum absolute atomic E-state index is 12.7. The molecule has 0 spiro atoms. The van der Waals surface area contributed by atoms with Crippen LogP contribution in [0.1, 0.15) is 37.3 Å². The number of hydrogen-bond donors (Lipinski definition) is 1. The Labute approximate surface area is 165 Å². The third kappa shape index (κ3) is 3.98. The van der Waals surface area contributed by atoms with Crippen LogP contribution in [0.15, 0.2) is 41.8 Å². The molecule has 4 rings (SSSR count). The third-order valence-electron chi connectivity index (χ3n) is 5.75. The molecule has 7 nitrogen and oxygen atoms in total. The molecule has 1 aliphatic heterocycles. The first kappa shape index (κ1) is 19.1. The average Bonchev–Trinajstić information content (AvgIpc) is 3.23. The second-order valence-electron chi connectivity index (χ2n) is 8.02. The molecule has 2 aliphatic rings. The van der Waals surface area contributed by atoms with Crippen molar-refractivity contribution in [1.29, 1.82) is 0 Å². The SMILES string of the molecule is CC1(C(=O)N2CCc3ccc(S(=O)(=O)NCCCn4ccnc4)cc3C2)CC1. The zero-order valence-electron chi connectivity index (χ0n) is 16.1. The quantitative estimate of drug-likeness (QED) is 0.718. The minimum atomic E-state index is -3.57. The molecule has 0 atom stereocenters. The Kier molecular flexibility index (Phi) is 5.01. The molecule has 0 saturated heterocycles. The van der Waals surface area contributed by atoms with Crippen molar-refractivity contribution >= 4 is 15.9 Å². The predicted molar refractivity (Wildman–Crippen MR) is 105 cm³/mol. The summed E-state index contributed by atoms with van der Waals surface area (Å²) < 4.78 is 29.9. The summed E-state index contributed by atoms with van der Waals surface area (Å²) in [5, 5.41) is 0. The molecule has 1 aromatic carbocycles. The Balaban J connectivity index is 1.40. The second-order valence-corrected chi connectivity index (χ2v) is 9.79. The van der Waals surface area contributed by atoms with Crippen LogP contribution in [-0.2, 0) is 34.3 Å². The Bertz CT molecular complexity index is 965. The lowest BCUT2D eigenvalue weighted by molar-refractivity contribution is -0.137. The van der Waals surface area contributed by atoms with Gasteiger partial charge in [0.05, 0.1) is 11.2 Å². The van der Waals surface area contributed by atoms with Crippen molar-refractivity contribution < 1.29 is 13.2 Å². The lowest BCUT2D eigenvalue weighted by atomic mass is 9.98. The summed E-state index contributed by atoms with van der Waals surface area (Å²) in [6, 6.07) is 5.27. The number of rotatable bonds is 7. The molecule has 2 aromatic rings. The van der Waals surface area contributed by atoms with Gasteiger partial charge in [-0.15, -0.1) is 0 Å². The van der Waals surface area contributed by atoms with Crippen molar-refractivity contribution in [3.05, 3.63) is 48.0 Å². The molecule has 1 N–H and O–H groups in total. The van der Waals surface area contributed by atoms with Gasteiger partial charge in [-0.25, -0.2) is 18.1 Å². The van der Waals surface area contributed by atoms with E-state index in [0.29, 0.717) is 32.6 Å². The van der Waals surface area contributed by atoms with E-state index in [1.54, 1.807) is 24.7 Å². The minimum Gasteiger partial charge on any atom is -0.338 e. The van der Waals surface area contributed by atoms with E-state index in [9.17, 15) is 13.2 Å². The van der Waals surface area contributed by atoms with Gasteiger partial charge in [0.15, 0.2) is 0 Å². The van der Waals surface area contributed by atoms with Crippen LogP contribution in [0.4, 0.5) is 0 Å². The second kappa shape index (κ2) is 7.33. The van der Waals surface area contributed by atoms with E-state index in [1.807, 2.05) is 28.7 Å². The van der Waals surface area contributed by atoms with Crippen molar-refractivity contribution in [3.8, 4) is 0 Å². The fraction of sp³-hybridized carbons (Fsp3) is 0.500. The molecule has 1 aromatic heterocycles. The minimum absolute atomic E-state index is 0.196. The number of benzene rings is 1. The van der Waals surface area contributed by atoms with Crippen LogP contribution in [0.3, 0.4) is 0 Å². The zero-order valence-corrected chi connectivity index (χ0v) is 16.9. The van der Waals surface area contributed by atoms with Crippen LogP contribution < -0.4 is 4.72 Å². The van der Waals surface area contributed by atoms with E-state index in [-0.39, 0.29) is 16.2 Å². The van der Waals surface area contributed by atoms with E-state index in [1.165, 1.54) is 0 Å². The van der Waals surface area contributed by atoms with Crippen LogP contribution in [0, 0.1) is 5.41 Å². The van der Waals surface area contributed by atoms with E-state index >= 15 is 0 Å². The smallest absolute Gasteiger partial charge is 0.240 e. The number of hydrogen-bond acceptors (Lipinski definition) is 4. The fourth-order valence-electron chi connectivity index (χ4n) is 3.63. The largest absolute Gasteiger partial charge is 0.338 e. The molecule has 0 unspecified atom stereocenters.